The Labute approximate surface area is 171 Å². The van der Waals surface area contributed by atoms with Crippen LogP contribution in [0.4, 0.5) is 0 Å². The largest absolute Gasteiger partial charge is 0.348 e. The molecule has 4 aromatic rings. The van der Waals surface area contributed by atoms with E-state index in [2.05, 4.69) is 10.2 Å². The number of carbonyl (C=O) groups is 1. The van der Waals surface area contributed by atoms with Gasteiger partial charge in [-0.25, -0.2) is 14.5 Å². The van der Waals surface area contributed by atoms with E-state index < -0.39 is 0 Å². The van der Waals surface area contributed by atoms with Crippen LogP contribution < -0.4 is 5.69 Å². The van der Waals surface area contributed by atoms with Crippen LogP contribution in [0.5, 0.6) is 0 Å². The van der Waals surface area contributed by atoms with Gasteiger partial charge in [0, 0.05) is 37.4 Å². The molecule has 29 heavy (non-hydrogen) atoms. The summed E-state index contributed by atoms with van der Waals surface area (Å²) in [6.45, 7) is 1.45. The zero-order valence-electron chi connectivity index (χ0n) is 15.8. The van der Waals surface area contributed by atoms with Crippen molar-refractivity contribution in [1.29, 1.82) is 0 Å². The highest BCUT2D eigenvalue weighted by Gasteiger charge is 2.26. The minimum absolute atomic E-state index is 0.0856. The molecule has 1 fully saturated rings. The number of pyridine rings is 1. The lowest BCUT2D eigenvalue weighted by atomic mass is 9.93. The number of likely N-dealkylation sites (tertiary alicyclic amines) is 1. The van der Waals surface area contributed by atoms with Gasteiger partial charge in [-0.1, -0.05) is 6.07 Å². The van der Waals surface area contributed by atoms with E-state index in [1.807, 2.05) is 63.5 Å². The number of thiophene rings is 1. The maximum Gasteiger partial charge on any atom is 0.348 e. The molecular weight excluding hydrogens is 386 g/mol. The van der Waals surface area contributed by atoms with Crippen LogP contribution in [0.15, 0.2) is 59.0 Å². The van der Waals surface area contributed by atoms with Gasteiger partial charge in [0.2, 0.25) is 0 Å². The Hall–Kier alpha value is -3.13. The van der Waals surface area contributed by atoms with E-state index >= 15 is 0 Å². The Balaban J connectivity index is 1.25. The number of H-pyrrole nitrogens is 1. The first-order chi connectivity index (χ1) is 14.2. The van der Waals surface area contributed by atoms with Gasteiger partial charge in [-0.15, -0.1) is 11.3 Å². The minimum atomic E-state index is -0.198. The van der Waals surface area contributed by atoms with E-state index in [4.69, 9.17) is 0 Å². The quantitative estimate of drug-likeness (QED) is 0.565. The molecular formula is C21H21N5O2S. The Kier molecular flexibility index (Phi) is 4.55. The predicted molar refractivity (Wildman–Crippen MR) is 112 cm³/mol. The van der Waals surface area contributed by atoms with Gasteiger partial charge < -0.3 is 9.30 Å². The molecule has 0 bridgehead atoms. The van der Waals surface area contributed by atoms with Crippen molar-refractivity contribution in [2.45, 2.75) is 19.3 Å². The number of amides is 1. The van der Waals surface area contributed by atoms with Crippen molar-refractivity contribution in [2.24, 2.45) is 5.92 Å². The van der Waals surface area contributed by atoms with Gasteiger partial charge in [-0.05, 0) is 54.5 Å². The summed E-state index contributed by atoms with van der Waals surface area (Å²) < 4.78 is 3.64. The predicted octanol–water partition coefficient (Wildman–Crippen LogP) is 2.97. The zero-order chi connectivity index (χ0) is 19.8. The summed E-state index contributed by atoms with van der Waals surface area (Å²) in [6, 6.07) is 11.7. The molecule has 0 aliphatic carbocycles. The fourth-order valence-electron chi connectivity index (χ4n) is 4.04. The smallest absolute Gasteiger partial charge is 0.339 e. The second-order valence-electron chi connectivity index (χ2n) is 7.43. The summed E-state index contributed by atoms with van der Waals surface area (Å²) in [5.41, 5.74) is 1.56. The molecule has 1 aliphatic heterocycles. The van der Waals surface area contributed by atoms with E-state index in [1.165, 1.54) is 11.3 Å². The molecule has 1 amide bonds. The third-order valence-corrected chi connectivity index (χ3v) is 6.45. The second kappa shape index (κ2) is 7.36. The van der Waals surface area contributed by atoms with Gasteiger partial charge in [0.1, 0.15) is 10.8 Å². The number of aromatic nitrogens is 4. The molecule has 1 saturated heterocycles. The van der Waals surface area contributed by atoms with Gasteiger partial charge in [-0.2, -0.15) is 5.10 Å². The van der Waals surface area contributed by atoms with Crippen LogP contribution in [0.25, 0.3) is 10.5 Å². The fraction of sp³-hybridized carbons (Fsp3) is 0.286. The van der Waals surface area contributed by atoms with Crippen molar-refractivity contribution in [2.75, 3.05) is 13.1 Å². The highest BCUT2D eigenvalue weighted by Crippen LogP contribution is 2.24. The van der Waals surface area contributed by atoms with Crippen molar-refractivity contribution >= 4 is 22.8 Å². The number of nitrogens with one attached hydrogen (secondary N) is 1. The lowest BCUT2D eigenvalue weighted by Gasteiger charge is -2.31. The number of piperidine rings is 1. The standard InChI is InChI=1S/C21H21N5O2S/c27-20(16-13-17-4-1-2-8-25(17)14-16)24-9-6-15(7-10-24)12-18-22-23-21(28)26(18)19-5-3-11-29-19/h1-5,8,11,13-15H,6-7,9-10,12H2,(H,23,28). The first-order valence-corrected chi connectivity index (χ1v) is 10.6. The molecule has 0 atom stereocenters. The average molecular weight is 407 g/mol. The molecule has 4 aromatic heterocycles. The van der Waals surface area contributed by atoms with Crippen molar-refractivity contribution in [3.63, 3.8) is 0 Å². The fourth-order valence-corrected chi connectivity index (χ4v) is 4.79. The van der Waals surface area contributed by atoms with Crippen molar-refractivity contribution < 1.29 is 4.79 Å². The third-order valence-electron chi connectivity index (χ3n) is 5.59. The number of nitrogens with zero attached hydrogens (tertiary/aromatic N) is 4. The lowest BCUT2D eigenvalue weighted by Crippen LogP contribution is -2.39. The first kappa shape index (κ1) is 17.9. The number of aromatic amines is 1. The highest BCUT2D eigenvalue weighted by molar-refractivity contribution is 7.12. The molecule has 1 N–H and O–H groups in total. The maximum absolute atomic E-state index is 12.9. The van der Waals surface area contributed by atoms with Crippen molar-refractivity contribution in [3.05, 3.63) is 76.0 Å². The van der Waals surface area contributed by atoms with E-state index in [0.29, 0.717) is 5.92 Å². The van der Waals surface area contributed by atoms with Crippen LogP contribution in [0.2, 0.25) is 0 Å². The summed E-state index contributed by atoms with van der Waals surface area (Å²) in [5.74, 6) is 1.25. The van der Waals surface area contributed by atoms with Crippen LogP contribution >= 0.6 is 11.3 Å². The molecule has 7 nitrogen and oxygen atoms in total. The van der Waals surface area contributed by atoms with Gasteiger partial charge in [0.25, 0.3) is 5.91 Å². The molecule has 0 spiro atoms. The number of hydrogen-bond donors (Lipinski definition) is 1. The van der Waals surface area contributed by atoms with Crippen LogP contribution in [0.1, 0.15) is 29.0 Å². The van der Waals surface area contributed by atoms with E-state index in [-0.39, 0.29) is 11.6 Å². The molecule has 8 heteroatoms. The SMILES string of the molecule is O=C(c1cc2ccccn2c1)N1CCC(Cc2n[nH]c(=O)n2-c2cccs2)CC1. The number of carbonyl (C=O) groups excluding carboxylic acids is 1. The summed E-state index contributed by atoms with van der Waals surface area (Å²) in [5, 5.41) is 9.65. The number of hydrogen-bond acceptors (Lipinski definition) is 4. The molecule has 5 heterocycles. The van der Waals surface area contributed by atoms with Gasteiger partial charge in [-0.3, -0.25) is 4.79 Å². The minimum Gasteiger partial charge on any atom is -0.339 e. The average Bonchev–Trinajstić information content (AvgIpc) is 3.48. The number of rotatable bonds is 4. The third kappa shape index (κ3) is 3.40. The second-order valence-corrected chi connectivity index (χ2v) is 8.36. The van der Waals surface area contributed by atoms with Crippen molar-refractivity contribution in [3.8, 4) is 5.00 Å². The Bertz CT molecular complexity index is 1160. The van der Waals surface area contributed by atoms with Crippen LogP contribution in [-0.4, -0.2) is 43.1 Å². The monoisotopic (exact) mass is 407 g/mol. The Morgan fingerprint density at radius 2 is 2.07 bits per heavy atom. The topological polar surface area (TPSA) is 75.4 Å². The van der Waals surface area contributed by atoms with E-state index in [0.717, 1.165) is 54.3 Å². The van der Waals surface area contributed by atoms with Gasteiger partial charge >= 0.3 is 5.69 Å². The normalized spacial score (nSPS) is 15.2. The summed E-state index contributed by atoms with van der Waals surface area (Å²) in [6.07, 6.45) is 6.40. The maximum atomic E-state index is 12.9. The molecule has 0 aromatic carbocycles. The zero-order valence-corrected chi connectivity index (χ0v) is 16.6. The molecule has 0 saturated carbocycles. The molecule has 148 valence electrons. The molecule has 5 rings (SSSR count). The summed E-state index contributed by atoms with van der Waals surface area (Å²) in [4.78, 5) is 27.0. The van der Waals surface area contributed by atoms with Crippen LogP contribution in [-0.2, 0) is 6.42 Å². The molecule has 1 aliphatic rings. The highest BCUT2D eigenvalue weighted by atomic mass is 32.1. The van der Waals surface area contributed by atoms with Crippen LogP contribution in [0.3, 0.4) is 0 Å². The summed E-state index contributed by atoms with van der Waals surface area (Å²) >= 11 is 1.52. The van der Waals surface area contributed by atoms with Gasteiger partial charge in [0.15, 0.2) is 0 Å². The van der Waals surface area contributed by atoms with Crippen LogP contribution in [0, 0.1) is 5.92 Å². The first-order valence-electron chi connectivity index (χ1n) is 9.75. The van der Waals surface area contributed by atoms with Crippen molar-refractivity contribution in [1.82, 2.24) is 24.1 Å². The Morgan fingerprint density at radius 1 is 1.21 bits per heavy atom. The summed E-state index contributed by atoms with van der Waals surface area (Å²) in [7, 11) is 0. The molecule has 0 radical (unpaired) electrons. The number of fused-ring (bicyclic) bond motifs is 1. The molecule has 0 unspecified atom stereocenters. The van der Waals surface area contributed by atoms with Gasteiger partial charge in [0.05, 0.1) is 5.56 Å². The van der Waals surface area contributed by atoms with E-state index in [1.54, 1.807) is 4.57 Å². The van der Waals surface area contributed by atoms with E-state index in [9.17, 15) is 9.59 Å². The Morgan fingerprint density at radius 3 is 2.83 bits per heavy atom. The lowest BCUT2D eigenvalue weighted by molar-refractivity contribution is 0.0690.